The maximum atomic E-state index is 3.93. The number of H-pyrrole nitrogens is 1. The summed E-state index contributed by atoms with van der Waals surface area (Å²) in [5, 5.41) is 0. The average Bonchev–Trinajstić information content (AvgIpc) is 2.08. The normalized spacial score (nSPS) is 11.9. The fourth-order valence-corrected chi connectivity index (χ4v) is 0.876. The molecule has 0 atom stereocenters. The van der Waals surface area contributed by atoms with Gasteiger partial charge < -0.3 is 4.98 Å². The van der Waals surface area contributed by atoms with Gasteiger partial charge in [-0.25, -0.2) is 4.98 Å². The Labute approximate surface area is 68.2 Å². The number of aromatic nitrogens is 2. The SMILES string of the molecule is CC(C)(I)c1cnc[nH]1. The fraction of sp³-hybridized carbons (Fsp3) is 0.500. The zero-order valence-corrected chi connectivity index (χ0v) is 7.64. The zero-order valence-electron chi connectivity index (χ0n) is 5.48. The van der Waals surface area contributed by atoms with E-state index in [1.807, 2.05) is 6.20 Å². The van der Waals surface area contributed by atoms with Crippen molar-refractivity contribution < 1.29 is 0 Å². The number of aromatic amines is 1. The second-order valence-corrected chi connectivity index (χ2v) is 5.13. The van der Waals surface area contributed by atoms with E-state index in [9.17, 15) is 0 Å². The lowest BCUT2D eigenvalue weighted by molar-refractivity contribution is 0.795. The Morgan fingerprint density at radius 3 is 2.56 bits per heavy atom. The molecule has 2 nitrogen and oxygen atoms in total. The van der Waals surface area contributed by atoms with Crippen LogP contribution in [0.3, 0.4) is 0 Å². The Kier molecular flexibility index (Phi) is 1.79. The standard InChI is InChI=1S/C6H9IN2/c1-6(2,7)5-3-8-4-9-5/h3-4H,1-2H3,(H,8,9). The minimum Gasteiger partial charge on any atom is -0.347 e. The van der Waals surface area contributed by atoms with Crippen molar-refractivity contribution in [3.05, 3.63) is 18.2 Å². The molecule has 1 N–H and O–H groups in total. The maximum absolute atomic E-state index is 3.93. The lowest BCUT2D eigenvalue weighted by Gasteiger charge is -2.12. The molecule has 3 heteroatoms. The molecule has 1 heterocycles. The highest BCUT2D eigenvalue weighted by Gasteiger charge is 2.15. The Bertz CT molecular complexity index is 173. The third-order valence-electron chi connectivity index (χ3n) is 1.14. The number of halogens is 1. The molecule has 0 aromatic carbocycles. The fourth-order valence-electron chi connectivity index (χ4n) is 0.581. The van der Waals surface area contributed by atoms with Gasteiger partial charge in [-0.2, -0.15) is 0 Å². The number of hydrogen-bond acceptors (Lipinski definition) is 1. The third kappa shape index (κ3) is 1.67. The molecule has 0 fully saturated rings. The van der Waals surface area contributed by atoms with Crippen molar-refractivity contribution in [3.63, 3.8) is 0 Å². The molecule has 0 radical (unpaired) electrons. The minimum atomic E-state index is 0.175. The van der Waals surface area contributed by atoms with E-state index in [4.69, 9.17) is 0 Å². The molecule has 0 amide bonds. The van der Waals surface area contributed by atoms with Crippen molar-refractivity contribution in [2.75, 3.05) is 0 Å². The van der Waals surface area contributed by atoms with Gasteiger partial charge in [-0.3, -0.25) is 0 Å². The van der Waals surface area contributed by atoms with Crippen LogP contribution in [-0.2, 0) is 3.42 Å². The minimum absolute atomic E-state index is 0.175. The van der Waals surface area contributed by atoms with Crippen LogP contribution in [0.2, 0.25) is 0 Å². The van der Waals surface area contributed by atoms with Crippen LogP contribution in [0.4, 0.5) is 0 Å². The van der Waals surface area contributed by atoms with Crippen molar-refractivity contribution in [2.24, 2.45) is 0 Å². The zero-order chi connectivity index (χ0) is 6.91. The highest BCUT2D eigenvalue weighted by atomic mass is 127. The summed E-state index contributed by atoms with van der Waals surface area (Å²) in [6.07, 6.45) is 3.56. The first-order valence-electron chi connectivity index (χ1n) is 2.78. The average molecular weight is 236 g/mol. The molecule has 0 aliphatic heterocycles. The van der Waals surface area contributed by atoms with Crippen LogP contribution in [0.15, 0.2) is 12.5 Å². The van der Waals surface area contributed by atoms with Gasteiger partial charge in [0, 0.05) is 6.20 Å². The molecule has 0 spiro atoms. The van der Waals surface area contributed by atoms with Crippen molar-refractivity contribution in [1.82, 2.24) is 9.97 Å². The van der Waals surface area contributed by atoms with Crippen LogP contribution in [-0.4, -0.2) is 9.97 Å². The van der Waals surface area contributed by atoms with Gasteiger partial charge in [-0.1, -0.05) is 22.6 Å². The van der Waals surface area contributed by atoms with Gasteiger partial charge in [-0.05, 0) is 13.8 Å². The summed E-state index contributed by atoms with van der Waals surface area (Å²) in [6, 6.07) is 0. The predicted octanol–water partition coefficient (Wildman–Crippen LogP) is 2.08. The van der Waals surface area contributed by atoms with Gasteiger partial charge in [0.25, 0.3) is 0 Å². The number of rotatable bonds is 1. The van der Waals surface area contributed by atoms with Gasteiger partial charge in [0.05, 0.1) is 15.4 Å². The molecule has 0 saturated heterocycles. The van der Waals surface area contributed by atoms with Crippen LogP contribution in [0.1, 0.15) is 19.5 Å². The number of alkyl halides is 1. The number of nitrogens with one attached hydrogen (secondary N) is 1. The molecule has 1 aromatic heterocycles. The van der Waals surface area contributed by atoms with Crippen LogP contribution in [0.5, 0.6) is 0 Å². The molecule has 1 aromatic rings. The Morgan fingerprint density at radius 2 is 2.33 bits per heavy atom. The Hall–Kier alpha value is -0.0600. The summed E-state index contributed by atoms with van der Waals surface area (Å²) in [5.74, 6) is 0. The van der Waals surface area contributed by atoms with E-state index < -0.39 is 0 Å². The molecule has 0 aliphatic carbocycles. The topological polar surface area (TPSA) is 28.7 Å². The molecule has 50 valence electrons. The van der Waals surface area contributed by atoms with E-state index in [0.717, 1.165) is 0 Å². The first-order valence-corrected chi connectivity index (χ1v) is 3.86. The highest BCUT2D eigenvalue weighted by Crippen LogP contribution is 2.27. The summed E-state index contributed by atoms with van der Waals surface area (Å²) in [4.78, 5) is 6.99. The monoisotopic (exact) mass is 236 g/mol. The molecule has 0 bridgehead atoms. The molecule has 0 saturated carbocycles. The molecule has 9 heavy (non-hydrogen) atoms. The lowest BCUT2D eigenvalue weighted by Crippen LogP contribution is -2.05. The van der Waals surface area contributed by atoms with Gasteiger partial charge >= 0.3 is 0 Å². The van der Waals surface area contributed by atoms with Gasteiger partial charge in [0.1, 0.15) is 0 Å². The summed E-state index contributed by atoms with van der Waals surface area (Å²) in [5.41, 5.74) is 1.17. The lowest BCUT2D eigenvalue weighted by atomic mass is 10.2. The van der Waals surface area contributed by atoms with E-state index in [2.05, 4.69) is 46.4 Å². The van der Waals surface area contributed by atoms with Gasteiger partial charge in [0.15, 0.2) is 0 Å². The van der Waals surface area contributed by atoms with Crippen molar-refractivity contribution >= 4 is 22.6 Å². The number of nitrogens with zero attached hydrogens (tertiary/aromatic N) is 1. The largest absolute Gasteiger partial charge is 0.347 e. The van der Waals surface area contributed by atoms with Crippen LogP contribution in [0, 0.1) is 0 Å². The predicted molar refractivity (Wildman–Crippen MR) is 45.6 cm³/mol. The summed E-state index contributed by atoms with van der Waals surface area (Å²) in [7, 11) is 0. The van der Waals surface area contributed by atoms with E-state index in [1.165, 1.54) is 5.69 Å². The summed E-state index contributed by atoms with van der Waals surface area (Å²) < 4.78 is 0.175. The van der Waals surface area contributed by atoms with Crippen LogP contribution < -0.4 is 0 Å². The van der Waals surface area contributed by atoms with Crippen LogP contribution in [0.25, 0.3) is 0 Å². The smallest absolute Gasteiger partial charge is 0.0922 e. The van der Waals surface area contributed by atoms with E-state index in [0.29, 0.717) is 0 Å². The van der Waals surface area contributed by atoms with E-state index in [-0.39, 0.29) is 3.42 Å². The van der Waals surface area contributed by atoms with E-state index >= 15 is 0 Å². The van der Waals surface area contributed by atoms with Crippen molar-refractivity contribution in [1.29, 1.82) is 0 Å². The van der Waals surface area contributed by atoms with Crippen molar-refractivity contribution in [3.8, 4) is 0 Å². The molecule has 0 unspecified atom stereocenters. The summed E-state index contributed by atoms with van der Waals surface area (Å²) >= 11 is 2.37. The first kappa shape index (κ1) is 7.05. The number of imidazole rings is 1. The van der Waals surface area contributed by atoms with Crippen LogP contribution >= 0.6 is 22.6 Å². The second-order valence-electron chi connectivity index (χ2n) is 2.44. The maximum Gasteiger partial charge on any atom is 0.0922 e. The highest BCUT2D eigenvalue weighted by molar-refractivity contribution is 14.1. The van der Waals surface area contributed by atoms with Gasteiger partial charge in [-0.15, -0.1) is 0 Å². The molecule has 0 aliphatic rings. The third-order valence-corrected chi connectivity index (χ3v) is 1.72. The van der Waals surface area contributed by atoms with E-state index in [1.54, 1.807) is 6.33 Å². The second kappa shape index (κ2) is 2.28. The van der Waals surface area contributed by atoms with Gasteiger partial charge in [0.2, 0.25) is 0 Å². The number of hydrogen-bond donors (Lipinski definition) is 1. The Morgan fingerprint density at radius 1 is 1.67 bits per heavy atom. The van der Waals surface area contributed by atoms with Crippen molar-refractivity contribution in [2.45, 2.75) is 17.3 Å². The summed E-state index contributed by atoms with van der Waals surface area (Å²) in [6.45, 7) is 4.28. The Balaban J connectivity index is 2.90. The molecular formula is C6H9IN2. The quantitative estimate of drug-likeness (QED) is 0.586. The molecular weight excluding hydrogens is 227 g/mol. The first-order chi connectivity index (χ1) is 4.11. The molecule has 1 rings (SSSR count).